The normalized spacial score (nSPS) is 15.1. The lowest BCUT2D eigenvalue weighted by Gasteiger charge is -2.13. The molecule has 15 heavy (non-hydrogen) atoms. The molecule has 0 spiro atoms. The van der Waals surface area contributed by atoms with Gasteiger partial charge in [-0.25, -0.2) is 0 Å². The van der Waals surface area contributed by atoms with E-state index in [0.29, 0.717) is 0 Å². The average Bonchev–Trinajstić information content (AvgIpc) is 2.30. The van der Waals surface area contributed by atoms with Gasteiger partial charge >= 0.3 is 0 Å². The summed E-state index contributed by atoms with van der Waals surface area (Å²) in [5, 5.41) is 0. The maximum atomic E-state index is 5.79. The fourth-order valence-corrected chi connectivity index (χ4v) is 1.93. The molecule has 0 fully saturated rings. The zero-order valence-electron chi connectivity index (χ0n) is 9.03. The number of allylic oxidation sites excluding steroid dienone is 1. The van der Waals surface area contributed by atoms with Gasteiger partial charge in [-0.1, -0.05) is 13.0 Å². The number of anilines is 1. The summed E-state index contributed by atoms with van der Waals surface area (Å²) in [5.74, 6) is 0. The molecule has 0 amide bonds. The first-order valence-corrected chi connectivity index (χ1v) is 5.39. The van der Waals surface area contributed by atoms with Crippen molar-refractivity contribution in [3.63, 3.8) is 0 Å². The van der Waals surface area contributed by atoms with Gasteiger partial charge in [0.1, 0.15) is 0 Å². The van der Waals surface area contributed by atoms with Gasteiger partial charge in [-0.05, 0) is 47.8 Å². The van der Waals surface area contributed by atoms with Crippen LogP contribution in [0, 0.1) is 0 Å². The van der Waals surface area contributed by atoms with Crippen LogP contribution < -0.4 is 5.73 Å². The SMILES string of the molecule is CCc1cc(N)ccc1C1=CC=NCC1. The monoisotopic (exact) mass is 200 g/mol. The Kier molecular flexibility index (Phi) is 2.86. The molecule has 2 rings (SSSR count). The predicted octanol–water partition coefficient (Wildman–Crippen LogP) is 2.69. The van der Waals surface area contributed by atoms with Gasteiger partial charge in [0.15, 0.2) is 0 Å². The minimum atomic E-state index is 0.848. The van der Waals surface area contributed by atoms with Crippen molar-refractivity contribution in [3.05, 3.63) is 35.4 Å². The first-order chi connectivity index (χ1) is 7.31. The van der Waals surface area contributed by atoms with Gasteiger partial charge < -0.3 is 5.73 Å². The standard InChI is InChI=1S/C13H16N2/c1-2-10-9-12(14)3-4-13(10)11-5-7-15-8-6-11/h3-5,7,9H,2,6,8,14H2,1H3. The summed E-state index contributed by atoms with van der Waals surface area (Å²) in [5.41, 5.74) is 10.7. The molecule has 0 aromatic heterocycles. The second kappa shape index (κ2) is 4.30. The Morgan fingerprint density at radius 3 is 2.93 bits per heavy atom. The van der Waals surface area contributed by atoms with Crippen LogP contribution in [-0.2, 0) is 6.42 Å². The number of nitrogens with zero attached hydrogens (tertiary/aromatic N) is 1. The molecule has 78 valence electrons. The number of hydrogen-bond acceptors (Lipinski definition) is 2. The second-order valence-electron chi connectivity index (χ2n) is 3.77. The lowest BCUT2D eigenvalue weighted by Crippen LogP contribution is -1.99. The lowest BCUT2D eigenvalue weighted by molar-refractivity contribution is 1.01. The van der Waals surface area contributed by atoms with Gasteiger partial charge in [0.25, 0.3) is 0 Å². The number of hydrogen-bond donors (Lipinski definition) is 1. The zero-order valence-corrected chi connectivity index (χ0v) is 9.03. The van der Waals surface area contributed by atoms with E-state index in [2.05, 4.69) is 30.1 Å². The Morgan fingerprint density at radius 2 is 2.27 bits per heavy atom. The maximum absolute atomic E-state index is 5.79. The smallest absolute Gasteiger partial charge is 0.0429 e. The van der Waals surface area contributed by atoms with Crippen LogP contribution in [0.1, 0.15) is 24.5 Å². The molecule has 1 heterocycles. The number of nitrogen functional groups attached to an aromatic ring is 1. The molecule has 0 saturated carbocycles. The Balaban J connectivity index is 2.42. The molecular weight excluding hydrogens is 184 g/mol. The highest BCUT2D eigenvalue weighted by Gasteiger charge is 2.08. The van der Waals surface area contributed by atoms with Gasteiger partial charge in [0.2, 0.25) is 0 Å². The van der Waals surface area contributed by atoms with Gasteiger partial charge in [0.05, 0.1) is 0 Å². The zero-order chi connectivity index (χ0) is 10.7. The summed E-state index contributed by atoms with van der Waals surface area (Å²) in [7, 11) is 0. The molecular formula is C13H16N2. The van der Waals surface area contributed by atoms with E-state index in [-0.39, 0.29) is 0 Å². The maximum Gasteiger partial charge on any atom is 0.0429 e. The third-order valence-electron chi connectivity index (χ3n) is 2.75. The number of aliphatic imine (C=N–C) groups is 1. The summed E-state index contributed by atoms with van der Waals surface area (Å²) in [6.07, 6.45) is 6.06. The predicted molar refractivity (Wildman–Crippen MR) is 66.2 cm³/mol. The highest BCUT2D eigenvalue weighted by atomic mass is 14.7. The Morgan fingerprint density at radius 1 is 1.40 bits per heavy atom. The quantitative estimate of drug-likeness (QED) is 0.732. The van der Waals surface area contributed by atoms with E-state index in [0.717, 1.165) is 25.1 Å². The number of rotatable bonds is 2. The number of benzene rings is 1. The number of dihydropyridines is 1. The van der Waals surface area contributed by atoms with Crippen molar-refractivity contribution in [3.8, 4) is 0 Å². The molecule has 1 aliphatic heterocycles. The van der Waals surface area contributed by atoms with Gasteiger partial charge in [-0.15, -0.1) is 0 Å². The summed E-state index contributed by atoms with van der Waals surface area (Å²) < 4.78 is 0. The lowest BCUT2D eigenvalue weighted by atomic mass is 9.94. The van der Waals surface area contributed by atoms with E-state index in [4.69, 9.17) is 5.73 Å². The summed E-state index contributed by atoms with van der Waals surface area (Å²) in [4.78, 5) is 4.20. The molecule has 0 bridgehead atoms. The molecule has 0 unspecified atom stereocenters. The van der Waals surface area contributed by atoms with Crippen LogP contribution in [0.4, 0.5) is 5.69 Å². The fourth-order valence-electron chi connectivity index (χ4n) is 1.93. The Labute approximate surface area is 90.5 Å². The third kappa shape index (κ3) is 2.09. The molecule has 1 aromatic rings. The van der Waals surface area contributed by atoms with Gasteiger partial charge in [-0.2, -0.15) is 0 Å². The van der Waals surface area contributed by atoms with Crippen molar-refractivity contribution < 1.29 is 0 Å². The summed E-state index contributed by atoms with van der Waals surface area (Å²) >= 11 is 0. The highest BCUT2D eigenvalue weighted by molar-refractivity contribution is 5.87. The molecule has 1 aliphatic rings. The molecule has 2 N–H and O–H groups in total. The molecule has 0 atom stereocenters. The first-order valence-electron chi connectivity index (χ1n) is 5.39. The highest BCUT2D eigenvalue weighted by Crippen LogP contribution is 2.25. The van der Waals surface area contributed by atoms with Gasteiger partial charge in [-0.3, -0.25) is 4.99 Å². The fraction of sp³-hybridized carbons (Fsp3) is 0.308. The Bertz CT molecular complexity index is 417. The molecule has 0 radical (unpaired) electrons. The van der Waals surface area contributed by atoms with Crippen LogP contribution in [0.2, 0.25) is 0 Å². The third-order valence-corrected chi connectivity index (χ3v) is 2.75. The molecule has 2 nitrogen and oxygen atoms in total. The largest absolute Gasteiger partial charge is 0.399 e. The molecule has 0 aliphatic carbocycles. The van der Waals surface area contributed by atoms with Crippen molar-refractivity contribution in [1.82, 2.24) is 0 Å². The summed E-state index contributed by atoms with van der Waals surface area (Å²) in [6.45, 7) is 3.06. The van der Waals surface area contributed by atoms with Crippen molar-refractivity contribution in [1.29, 1.82) is 0 Å². The second-order valence-corrected chi connectivity index (χ2v) is 3.77. The van der Waals surface area contributed by atoms with Crippen LogP contribution >= 0.6 is 0 Å². The van der Waals surface area contributed by atoms with Crippen molar-refractivity contribution >= 4 is 17.5 Å². The van der Waals surface area contributed by atoms with Crippen molar-refractivity contribution in [2.24, 2.45) is 4.99 Å². The summed E-state index contributed by atoms with van der Waals surface area (Å²) in [6, 6.07) is 6.17. The average molecular weight is 200 g/mol. The van der Waals surface area contributed by atoms with E-state index >= 15 is 0 Å². The van der Waals surface area contributed by atoms with Crippen LogP contribution in [0.5, 0.6) is 0 Å². The Hall–Kier alpha value is -1.57. The van der Waals surface area contributed by atoms with Crippen LogP contribution in [0.15, 0.2) is 29.3 Å². The van der Waals surface area contributed by atoms with Crippen molar-refractivity contribution in [2.45, 2.75) is 19.8 Å². The van der Waals surface area contributed by atoms with Crippen LogP contribution in [-0.4, -0.2) is 12.8 Å². The first kappa shape index (κ1) is 9.97. The van der Waals surface area contributed by atoms with Crippen LogP contribution in [0.3, 0.4) is 0 Å². The van der Waals surface area contributed by atoms with E-state index in [1.54, 1.807) is 0 Å². The van der Waals surface area contributed by atoms with E-state index in [1.165, 1.54) is 16.7 Å². The van der Waals surface area contributed by atoms with E-state index in [9.17, 15) is 0 Å². The number of aryl methyl sites for hydroxylation is 1. The topological polar surface area (TPSA) is 38.4 Å². The number of nitrogens with two attached hydrogens (primary N) is 1. The van der Waals surface area contributed by atoms with E-state index in [1.807, 2.05) is 12.3 Å². The minimum absolute atomic E-state index is 0.848. The van der Waals surface area contributed by atoms with Gasteiger partial charge in [0, 0.05) is 18.4 Å². The van der Waals surface area contributed by atoms with Crippen LogP contribution in [0.25, 0.3) is 5.57 Å². The molecule has 2 heteroatoms. The molecule has 0 saturated heterocycles. The van der Waals surface area contributed by atoms with Crippen molar-refractivity contribution in [2.75, 3.05) is 12.3 Å². The minimum Gasteiger partial charge on any atom is -0.399 e. The molecule has 1 aromatic carbocycles. The van der Waals surface area contributed by atoms with E-state index < -0.39 is 0 Å².